The SMILES string of the molecule is c1ccc(-c2ccc(N(c3ccc(-c4cccc5c4sc4ccccc45)cc3)c3cccc4c3-c3ccccc3C43c4ccccc4-n4c5ccccc5c5cccc3c54)cc2)cc1. The normalized spacial score (nSPS) is 14.6. The van der Waals surface area contributed by atoms with Gasteiger partial charge in [0.2, 0.25) is 0 Å². The first-order chi connectivity index (χ1) is 31.8. The van der Waals surface area contributed by atoms with Gasteiger partial charge in [0.05, 0.1) is 27.8 Å². The maximum absolute atomic E-state index is 2.52. The lowest BCUT2D eigenvalue weighted by atomic mass is 9.65. The summed E-state index contributed by atoms with van der Waals surface area (Å²) in [5.74, 6) is 0. The zero-order valence-electron chi connectivity index (χ0n) is 34.7. The quantitative estimate of drug-likeness (QED) is 0.168. The van der Waals surface area contributed by atoms with Crippen molar-refractivity contribution in [2.24, 2.45) is 0 Å². The van der Waals surface area contributed by atoms with E-state index >= 15 is 0 Å². The van der Waals surface area contributed by atoms with Crippen LogP contribution in [-0.2, 0) is 5.41 Å². The first-order valence-electron chi connectivity index (χ1n) is 22.1. The number of thiophene rings is 1. The second-order valence-corrected chi connectivity index (χ2v) is 18.2. The number of benzene rings is 10. The Morgan fingerprint density at radius 2 is 0.953 bits per heavy atom. The van der Waals surface area contributed by atoms with Crippen molar-refractivity contribution in [3.05, 3.63) is 253 Å². The molecule has 1 atom stereocenters. The van der Waals surface area contributed by atoms with E-state index < -0.39 is 5.41 Å². The predicted octanol–water partition coefficient (Wildman–Crippen LogP) is 16.6. The number of anilines is 3. The van der Waals surface area contributed by atoms with Gasteiger partial charge in [-0.1, -0.05) is 182 Å². The Kier molecular flexibility index (Phi) is 7.51. The van der Waals surface area contributed by atoms with E-state index in [1.54, 1.807) is 0 Å². The number of para-hydroxylation sites is 3. The summed E-state index contributed by atoms with van der Waals surface area (Å²) in [6, 6.07) is 85.8. The molecule has 12 aromatic rings. The summed E-state index contributed by atoms with van der Waals surface area (Å²) in [6.45, 7) is 0. The van der Waals surface area contributed by atoms with Crippen molar-refractivity contribution >= 4 is 70.4 Å². The lowest BCUT2D eigenvalue weighted by Crippen LogP contribution is -2.33. The van der Waals surface area contributed by atoms with Crippen LogP contribution < -0.4 is 4.90 Å². The molecule has 2 aliphatic rings. The van der Waals surface area contributed by atoms with Gasteiger partial charge >= 0.3 is 0 Å². The Bertz CT molecular complexity index is 3840. The summed E-state index contributed by atoms with van der Waals surface area (Å²) in [4.78, 5) is 2.49. The van der Waals surface area contributed by atoms with Crippen molar-refractivity contribution in [3.8, 4) is 39.1 Å². The molecule has 10 aromatic carbocycles. The molecule has 64 heavy (non-hydrogen) atoms. The highest BCUT2D eigenvalue weighted by molar-refractivity contribution is 7.26. The van der Waals surface area contributed by atoms with Crippen LogP contribution in [0.5, 0.6) is 0 Å². The molecule has 2 aromatic heterocycles. The average molecular weight is 831 g/mol. The highest BCUT2D eigenvalue weighted by atomic mass is 32.1. The number of aromatic nitrogens is 1. The molecule has 0 amide bonds. The zero-order chi connectivity index (χ0) is 41.9. The van der Waals surface area contributed by atoms with Gasteiger partial charge in [-0.05, 0) is 98.6 Å². The maximum atomic E-state index is 2.52. The smallest absolute Gasteiger partial charge is 0.0755 e. The van der Waals surface area contributed by atoms with E-state index in [1.807, 2.05) is 11.3 Å². The van der Waals surface area contributed by atoms with Crippen molar-refractivity contribution in [2.45, 2.75) is 5.41 Å². The minimum Gasteiger partial charge on any atom is -0.310 e. The molecule has 3 heterocycles. The van der Waals surface area contributed by atoms with Crippen molar-refractivity contribution in [1.29, 1.82) is 0 Å². The van der Waals surface area contributed by atoms with Crippen molar-refractivity contribution in [2.75, 3.05) is 4.90 Å². The minimum atomic E-state index is -0.544. The monoisotopic (exact) mass is 830 g/mol. The van der Waals surface area contributed by atoms with Crippen LogP contribution in [0.15, 0.2) is 231 Å². The first-order valence-corrected chi connectivity index (χ1v) is 22.9. The van der Waals surface area contributed by atoms with Gasteiger partial charge in [0.15, 0.2) is 0 Å². The third-order valence-corrected chi connectivity index (χ3v) is 15.2. The molecule has 0 radical (unpaired) electrons. The summed E-state index contributed by atoms with van der Waals surface area (Å²) in [6.07, 6.45) is 0. The third kappa shape index (κ3) is 4.79. The fourth-order valence-electron chi connectivity index (χ4n) is 11.4. The summed E-state index contributed by atoms with van der Waals surface area (Å²) < 4.78 is 5.17. The standard InChI is InChI=1S/C61H38N2S/c1-2-15-39(16-3-1)40-31-35-42(36-32-40)62(43-37-33-41(34-38-43)44-20-12-22-48-46-18-6-11-30-57(46)64-60(44)48)56-29-14-25-52-58(56)49-19-4-7-23-50(49)61(52)51-24-8-10-28-55(51)63-54-27-9-5-17-45(54)47-21-13-26-53(61)59(47)63/h1-38H. The fourth-order valence-corrected chi connectivity index (χ4v) is 12.6. The van der Waals surface area contributed by atoms with Crippen molar-refractivity contribution < 1.29 is 0 Å². The van der Waals surface area contributed by atoms with Gasteiger partial charge in [0.1, 0.15) is 0 Å². The third-order valence-electron chi connectivity index (χ3n) is 14.0. The number of nitrogens with zero attached hydrogens (tertiary/aromatic N) is 2. The molecule has 0 saturated carbocycles. The summed E-state index contributed by atoms with van der Waals surface area (Å²) >= 11 is 1.88. The van der Waals surface area contributed by atoms with E-state index in [1.165, 1.54) is 103 Å². The second-order valence-electron chi connectivity index (χ2n) is 17.1. The van der Waals surface area contributed by atoms with Gasteiger partial charge < -0.3 is 9.47 Å². The number of fused-ring (bicyclic) bond motifs is 15. The molecule has 0 bridgehead atoms. The lowest BCUT2D eigenvalue weighted by molar-refractivity contribution is 0.748. The minimum absolute atomic E-state index is 0.544. The predicted molar refractivity (Wildman–Crippen MR) is 270 cm³/mol. The molecular formula is C61H38N2S. The van der Waals surface area contributed by atoms with Gasteiger partial charge in [-0.25, -0.2) is 0 Å². The van der Waals surface area contributed by atoms with Crippen LogP contribution in [0.2, 0.25) is 0 Å². The number of hydrogen-bond donors (Lipinski definition) is 0. The van der Waals surface area contributed by atoms with E-state index in [0.717, 1.165) is 17.1 Å². The molecule has 1 aliphatic carbocycles. The Morgan fingerprint density at radius 3 is 1.80 bits per heavy atom. The summed E-state index contributed by atoms with van der Waals surface area (Å²) in [7, 11) is 0. The van der Waals surface area contributed by atoms with Crippen LogP contribution in [-0.4, -0.2) is 4.57 Å². The molecule has 1 spiro atoms. The van der Waals surface area contributed by atoms with Crippen LogP contribution in [0.25, 0.3) is 81.0 Å². The van der Waals surface area contributed by atoms with Crippen LogP contribution in [0.3, 0.4) is 0 Å². The lowest BCUT2D eigenvalue weighted by Gasteiger charge is -2.39. The highest BCUT2D eigenvalue weighted by Crippen LogP contribution is 2.63. The van der Waals surface area contributed by atoms with Crippen LogP contribution in [0, 0.1) is 0 Å². The molecule has 3 heteroatoms. The van der Waals surface area contributed by atoms with Gasteiger partial charge in [0.25, 0.3) is 0 Å². The van der Waals surface area contributed by atoms with E-state index in [9.17, 15) is 0 Å². The van der Waals surface area contributed by atoms with Gasteiger partial charge in [-0.15, -0.1) is 11.3 Å². The molecule has 14 rings (SSSR count). The van der Waals surface area contributed by atoms with Crippen molar-refractivity contribution in [1.82, 2.24) is 4.57 Å². The van der Waals surface area contributed by atoms with Gasteiger partial charge in [-0.3, -0.25) is 0 Å². The van der Waals surface area contributed by atoms with Crippen molar-refractivity contribution in [3.63, 3.8) is 0 Å². The van der Waals surface area contributed by atoms with E-state index in [2.05, 4.69) is 240 Å². The largest absolute Gasteiger partial charge is 0.310 e. The first kappa shape index (κ1) is 35.6. The highest BCUT2D eigenvalue weighted by Gasteiger charge is 2.51. The average Bonchev–Trinajstić information content (AvgIpc) is 4.02. The van der Waals surface area contributed by atoms with E-state index in [0.29, 0.717) is 0 Å². The topological polar surface area (TPSA) is 8.17 Å². The van der Waals surface area contributed by atoms with Crippen LogP contribution in [0.1, 0.15) is 22.3 Å². The zero-order valence-corrected chi connectivity index (χ0v) is 35.6. The molecular weight excluding hydrogens is 793 g/mol. The Hall–Kier alpha value is -7.98. The molecule has 2 nitrogen and oxygen atoms in total. The molecule has 1 unspecified atom stereocenters. The van der Waals surface area contributed by atoms with E-state index in [4.69, 9.17) is 0 Å². The molecule has 0 N–H and O–H groups in total. The Balaban J connectivity index is 1.02. The van der Waals surface area contributed by atoms with Crippen LogP contribution >= 0.6 is 11.3 Å². The van der Waals surface area contributed by atoms with Crippen LogP contribution in [0.4, 0.5) is 17.1 Å². The second kappa shape index (κ2) is 13.5. The number of hydrogen-bond acceptors (Lipinski definition) is 2. The van der Waals surface area contributed by atoms with E-state index in [-0.39, 0.29) is 0 Å². The summed E-state index contributed by atoms with van der Waals surface area (Å²) in [5.41, 5.74) is 19.3. The fraction of sp³-hybridized carbons (Fsp3) is 0.0164. The van der Waals surface area contributed by atoms with Gasteiger partial charge in [-0.2, -0.15) is 0 Å². The number of rotatable bonds is 5. The molecule has 0 saturated heterocycles. The molecule has 0 fully saturated rings. The maximum Gasteiger partial charge on any atom is 0.0755 e. The Morgan fingerprint density at radius 1 is 0.375 bits per heavy atom. The van der Waals surface area contributed by atoms with Gasteiger partial charge in [0, 0.05) is 47.9 Å². The Labute approximate surface area is 375 Å². The molecule has 1 aliphatic heterocycles. The summed E-state index contributed by atoms with van der Waals surface area (Å²) in [5, 5.41) is 5.20. The molecule has 298 valence electrons.